The van der Waals surface area contributed by atoms with Gasteiger partial charge in [0.1, 0.15) is 0 Å². The summed E-state index contributed by atoms with van der Waals surface area (Å²) in [6.45, 7) is 0.0195. The van der Waals surface area contributed by atoms with Crippen molar-refractivity contribution >= 4 is 11.8 Å². The van der Waals surface area contributed by atoms with Gasteiger partial charge in [-0.2, -0.15) is 0 Å². The minimum absolute atomic E-state index is 0.0195. The van der Waals surface area contributed by atoms with Gasteiger partial charge in [0.2, 0.25) is 0 Å². The molecule has 0 unspecified atom stereocenters. The standard InChI is InChI=1S/C11H10O2S/c12-8-9-6-7-13-11(9)14-10-4-2-1-3-5-10/h1-7,12H,8H2. The van der Waals surface area contributed by atoms with E-state index >= 15 is 0 Å². The number of hydrogen-bond acceptors (Lipinski definition) is 3. The Kier molecular flexibility index (Phi) is 2.91. The Morgan fingerprint density at radius 1 is 1.14 bits per heavy atom. The minimum atomic E-state index is 0.0195. The van der Waals surface area contributed by atoms with Gasteiger partial charge in [0, 0.05) is 10.5 Å². The molecule has 0 saturated carbocycles. The van der Waals surface area contributed by atoms with E-state index in [0.717, 1.165) is 15.6 Å². The SMILES string of the molecule is OCc1ccoc1Sc1ccccc1. The fourth-order valence-electron chi connectivity index (χ4n) is 1.12. The van der Waals surface area contributed by atoms with Crippen LogP contribution in [0.1, 0.15) is 5.56 Å². The fourth-order valence-corrected chi connectivity index (χ4v) is 2.00. The van der Waals surface area contributed by atoms with Gasteiger partial charge in [-0.25, -0.2) is 0 Å². The second-order valence-electron chi connectivity index (χ2n) is 2.81. The van der Waals surface area contributed by atoms with E-state index in [1.54, 1.807) is 12.3 Å². The molecule has 0 spiro atoms. The van der Waals surface area contributed by atoms with E-state index in [0.29, 0.717) is 0 Å². The third kappa shape index (κ3) is 2.00. The molecule has 0 atom stereocenters. The molecule has 0 aliphatic carbocycles. The Balaban J connectivity index is 2.19. The van der Waals surface area contributed by atoms with Gasteiger partial charge in [-0.15, -0.1) is 0 Å². The van der Waals surface area contributed by atoms with Crippen molar-refractivity contribution in [3.05, 3.63) is 48.2 Å². The molecule has 2 rings (SSSR count). The van der Waals surface area contributed by atoms with Gasteiger partial charge in [-0.3, -0.25) is 0 Å². The second-order valence-corrected chi connectivity index (χ2v) is 3.85. The van der Waals surface area contributed by atoms with E-state index < -0.39 is 0 Å². The van der Waals surface area contributed by atoms with Crippen molar-refractivity contribution in [3.8, 4) is 0 Å². The smallest absolute Gasteiger partial charge is 0.170 e. The van der Waals surface area contributed by atoms with E-state index in [4.69, 9.17) is 9.52 Å². The summed E-state index contributed by atoms with van der Waals surface area (Å²) in [7, 11) is 0. The second kappa shape index (κ2) is 4.35. The van der Waals surface area contributed by atoms with Crippen LogP contribution in [0.25, 0.3) is 0 Å². The molecule has 72 valence electrons. The van der Waals surface area contributed by atoms with Crippen LogP contribution in [0.3, 0.4) is 0 Å². The van der Waals surface area contributed by atoms with Crippen LogP contribution in [0.4, 0.5) is 0 Å². The zero-order valence-corrected chi connectivity index (χ0v) is 8.33. The Morgan fingerprint density at radius 3 is 2.64 bits per heavy atom. The first-order valence-corrected chi connectivity index (χ1v) is 5.12. The summed E-state index contributed by atoms with van der Waals surface area (Å²) >= 11 is 1.52. The maximum Gasteiger partial charge on any atom is 0.170 e. The van der Waals surface area contributed by atoms with Gasteiger partial charge in [-0.1, -0.05) is 30.0 Å². The highest BCUT2D eigenvalue weighted by Crippen LogP contribution is 2.30. The third-order valence-electron chi connectivity index (χ3n) is 1.83. The lowest BCUT2D eigenvalue weighted by Crippen LogP contribution is -1.80. The molecule has 1 aromatic heterocycles. The van der Waals surface area contributed by atoms with Crippen molar-refractivity contribution in [1.29, 1.82) is 0 Å². The third-order valence-corrected chi connectivity index (χ3v) is 2.88. The summed E-state index contributed by atoms with van der Waals surface area (Å²) in [5.74, 6) is 0. The van der Waals surface area contributed by atoms with Gasteiger partial charge < -0.3 is 9.52 Å². The van der Waals surface area contributed by atoms with Crippen LogP contribution in [-0.4, -0.2) is 5.11 Å². The van der Waals surface area contributed by atoms with Crippen LogP contribution < -0.4 is 0 Å². The maximum atomic E-state index is 9.01. The van der Waals surface area contributed by atoms with Gasteiger partial charge in [-0.05, 0) is 18.2 Å². The Morgan fingerprint density at radius 2 is 1.93 bits per heavy atom. The normalized spacial score (nSPS) is 10.4. The molecule has 0 fully saturated rings. The summed E-state index contributed by atoms with van der Waals surface area (Å²) in [6, 6.07) is 11.7. The van der Waals surface area contributed by atoms with Crippen molar-refractivity contribution in [2.45, 2.75) is 16.6 Å². The molecule has 14 heavy (non-hydrogen) atoms. The van der Waals surface area contributed by atoms with E-state index in [1.807, 2.05) is 30.3 Å². The molecule has 0 bridgehead atoms. The highest BCUT2D eigenvalue weighted by Gasteiger charge is 2.06. The molecule has 0 aliphatic rings. The molecular formula is C11H10O2S. The summed E-state index contributed by atoms with van der Waals surface area (Å²) in [5, 5.41) is 9.77. The van der Waals surface area contributed by atoms with Crippen LogP contribution in [-0.2, 0) is 6.61 Å². The van der Waals surface area contributed by atoms with E-state index in [-0.39, 0.29) is 6.61 Å². The molecular weight excluding hydrogens is 196 g/mol. The summed E-state index contributed by atoms with van der Waals surface area (Å²) < 4.78 is 5.26. The number of benzene rings is 1. The minimum Gasteiger partial charge on any atom is -0.457 e. The largest absolute Gasteiger partial charge is 0.457 e. The van der Waals surface area contributed by atoms with Crippen molar-refractivity contribution in [2.75, 3.05) is 0 Å². The van der Waals surface area contributed by atoms with E-state index in [2.05, 4.69) is 0 Å². The highest BCUT2D eigenvalue weighted by atomic mass is 32.2. The predicted molar refractivity (Wildman–Crippen MR) is 55.2 cm³/mol. The Bertz CT molecular complexity index is 395. The first kappa shape index (κ1) is 9.37. The van der Waals surface area contributed by atoms with Gasteiger partial charge >= 0.3 is 0 Å². The lowest BCUT2D eigenvalue weighted by molar-refractivity contribution is 0.274. The highest BCUT2D eigenvalue weighted by molar-refractivity contribution is 7.99. The number of aliphatic hydroxyl groups excluding tert-OH is 1. The number of aliphatic hydroxyl groups is 1. The fraction of sp³-hybridized carbons (Fsp3) is 0.0909. The predicted octanol–water partition coefficient (Wildman–Crippen LogP) is 2.92. The monoisotopic (exact) mass is 206 g/mol. The molecule has 1 heterocycles. The lowest BCUT2D eigenvalue weighted by atomic mass is 10.4. The van der Waals surface area contributed by atoms with Crippen molar-refractivity contribution in [2.24, 2.45) is 0 Å². The molecule has 1 aromatic carbocycles. The van der Waals surface area contributed by atoms with Crippen LogP contribution in [0.5, 0.6) is 0 Å². The zero-order valence-electron chi connectivity index (χ0n) is 7.51. The summed E-state index contributed by atoms with van der Waals surface area (Å²) in [5.41, 5.74) is 0.832. The molecule has 0 aliphatic heterocycles. The molecule has 0 radical (unpaired) electrons. The van der Waals surface area contributed by atoms with Crippen LogP contribution >= 0.6 is 11.8 Å². The average molecular weight is 206 g/mol. The molecule has 0 amide bonds. The van der Waals surface area contributed by atoms with Gasteiger partial charge in [0.25, 0.3) is 0 Å². The average Bonchev–Trinajstić information content (AvgIpc) is 2.67. The Labute approximate surface area is 86.6 Å². The number of hydrogen-bond donors (Lipinski definition) is 1. The number of furan rings is 1. The maximum absolute atomic E-state index is 9.01. The quantitative estimate of drug-likeness (QED) is 0.838. The van der Waals surface area contributed by atoms with Crippen LogP contribution in [0.2, 0.25) is 0 Å². The first-order valence-electron chi connectivity index (χ1n) is 4.30. The molecule has 0 saturated heterocycles. The van der Waals surface area contributed by atoms with Crippen molar-refractivity contribution in [1.82, 2.24) is 0 Å². The zero-order chi connectivity index (χ0) is 9.80. The number of rotatable bonds is 3. The first-order chi connectivity index (χ1) is 6.90. The summed E-state index contributed by atoms with van der Waals surface area (Å²) in [6.07, 6.45) is 1.59. The molecule has 2 aromatic rings. The van der Waals surface area contributed by atoms with Crippen molar-refractivity contribution < 1.29 is 9.52 Å². The van der Waals surface area contributed by atoms with Gasteiger partial charge in [0.15, 0.2) is 5.09 Å². The van der Waals surface area contributed by atoms with Crippen LogP contribution in [0, 0.1) is 0 Å². The Hall–Kier alpha value is -1.19. The van der Waals surface area contributed by atoms with Crippen molar-refractivity contribution in [3.63, 3.8) is 0 Å². The van der Waals surface area contributed by atoms with E-state index in [9.17, 15) is 0 Å². The van der Waals surface area contributed by atoms with Crippen LogP contribution in [0.15, 0.2) is 57.1 Å². The lowest BCUT2D eigenvalue weighted by Gasteiger charge is -1.99. The van der Waals surface area contributed by atoms with E-state index in [1.165, 1.54) is 11.8 Å². The molecule has 1 N–H and O–H groups in total. The topological polar surface area (TPSA) is 33.4 Å². The van der Waals surface area contributed by atoms with Gasteiger partial charge in [0.05, 0.1) is 12.9 Å². The summed E-state index contributed by atoms with van der Waals surface area (Å²) in [4.78, 5) is 1.11. The molecule has 3 heteroatoms. The molecule has 2 nitrogen and oxygen atoms in total.